The maximum Gasteiger partial charge on any atom is 0.0263 e. The van der Waals surface area contributed by atoms with E-state index in [9.17, 15) is 0 Å². The average Bonchev–Trinajstić information content (AvgIpc) is 1.90. The fourth-order valence-electron chi connectivity index (χ4n) is 1.14. The molecule has 1 saturated heterocycles. The molecule has 53 valence electrons. The summed E-state index contributed by atoms with van der Waals surface area (Å²) >= 11 is 0. The van der Waals surface area contributed by atoms with Gasteiger partial charge in [-0.25, -0.2) is 0 Å². The number of likely N-dealkylation sites (tertiary alicyclic amines) is 1. The third kappa shape index (κ3) is 1.95. The number of nitrogens with zero attached hydrogens (tertiary/aromatic N) is 1. The smallest absolute Gasteiger partial charge is 0.0263 e. The molecule has 2 nitrogen and oxygen atoms in total. The summed E-state index contributed by atoms with van der Waals surface area (Å²) in [6.45, 7) is 3.45. The lowest BCUT2D eigenvalue weighted by Crippen LogP contribution is -2.36. The van der Waals surface area contributed by atoms with E-state index < -0.39 is 0 Å². The van der Waals surface area contributed by atoms with Gasteiger partial charge in [0.05, 0.1) is 0 Å². The fraction of sp³-hybridized carbons (Fsp3) is 0.857. The molecule has 0 saturated carbocycles. The van der Waals surface area contributed by atoms with Gasteiger partial charge < -0.3 is 10.2 Å². The number of rotatable bonds is 1. The Balaban J connectivity index is 2.18. The standard InChI is InChI=1S/C7H15N2/c1-8-7-3-5-9(2)6-4-7/h5,7-8H,3-4,6H2,1-2H3. The van der Waals surface area contributed by atoms with E-state index in [4.69, 9.17) is 0 Å². The lowest BCUT2D eigenvalue weighted by atomic mass is 10.1. The van der Waals surface area contributed by atoms with Gasteiger partial charge in [-0.3, -0.25) is 0 Å². The molecule has 2 heteroatoms. The highest BCUT2D eigenvalue weighted by molar-refractivity contribution is 4.81. The Bertz CT molecular complexity index is 75.0. The molecule has 0 aromatic heterocycles. The van der Waals surface area contributed by atoms with Crippen molar-refractivity contribution >= 4 is 0 Å². The molecule has 1 unspecified atom stereocenters. The second-order valence-corrected chi connectivity index (χ2v) is 2.67. The Kier molecular flexibility index (Phi) is 2.49. The normalized spacial score (nSPS) is 24.7. The van der Waals surface area contributed by atoms with Crippen molar-refractivity contribution in [1.82, 2.24) is 10.2 Å². The summed E-state index contributed by atoms with van der Waals surface area (Å²) in [5.74, 6) is 0. The molecular weight excluding hydrogens is 112 g/mol. The van der Waals surface area contributed by atoms with Gasteiger partial charge >= 0.3 is 0 Å². The van der Waals surface area contributed by atoms with Gasteiger partial charge in [0.2, 0.25) is 0 Å². The van der Waals surface area contributed by atoms with Crippen LogP contribution in [0.15, 0.2) is 0 Å². The quantitative estimate of drug-likeness (QED) is 0.550. The van der Waals surface area contributed by atoms with Crippen LogP contribution in [-0.4, -0.2) is 31.6 Å². The van der Waals surface area contributed by atoms with Crippen LogP contribution in [0.1, 0.15) is 12.8 Å². The minimum atomic E-state index is 0.723. The van der Waals surface area contributed by atoms with Gasteiger partial charge in [-0.2, -0.15) is 0 Å². The highest BCUT2D eigenvalue weighted by Gasteiger charge is 2.13. The third-order valence-corrected chi connectivity index (χ3v) is 1.94. The van der Waals surface area contributed by atoms with E-state index in [2.05, 4.69) is 23.8 Å². The SMILES string of the molecule is CNC1C[CH]N(C)CC1. The van der Waals surface area contributed by atoms with Crippen molar-refractivity contribution in [2.24, 2.45) is 0 Å². The summed E-state index contributed by atoms with van der Waals surface area (Å²) in [5.41, 5.74) is 0. The molecule has 1 aliphatic rings. The maximum atomic E-state index is 3.27. The number of hydrogen-bond acceptors (Lipinski definition) is 2. The van der Waals surface area contributed by atoms with Crippen molar-refractivity contribution in [3.05, 3.63) is 6.54 Å². The van der Waals surface area contributed by atoms with Gasteiger partial charge in [-0.05, 0) is 33.5 Å². The summed E-state index contributed by atoms with van der Waals surface area (Å²) in [4.78, 5) is 2.26. The topological polar surface area (TPSA) is 15.3 Å². The Labute approximate surface area is 57.2 Å². The maximum absolute atomic E-state index is 3.27. The Morgan fingerprint density at radius 3 is 2.89 bits per heavy atom. The van der Waals surface area contributed by atoms with Crippen LogP contribution in [0, 0.1) is 6.54 Å². The van der Waals surface area contributed by atoms with Crippen molar-refractivity contribution in [1.29, 1.82) is 0 Å². The lowest BCUT2D eigenvalue weighted by molar-refractivity contribution is 0.292. The molecule has 1 rings (SSSR count). The molecule has 1 heterocycles. The molecular formula is C7H15N2. The molecule has 1 N–H and O–H groups in total. The van der Waals surface area contributed by atoms with Crippen LogP contribution in [0.2, 0.25) is 0 Å². The fourth-order valence-corrected chi connectivity index (χ4v) is 1.14. The predicted octanol–water partition coefficient (Wildman–Crippen LogP) is 0.462. The molecule has 9 heavy (non-hydrogen) atoms. The lowest BCUT2D eigenvalue weighted by Gasteiger charge is -2.27. The first-order valence-electron chi connectivity index (χ1n) is 3.54. The van der Waals surface area contributed by atoms with Crippen LogP contribution < -0.4 is 5.32 Å². The first kappa shape index (κ1) is 7.03. The van der Waals surface area contributed by atoms with Gasteiger partial charge in [0.15, 0.2) is 0 Å². The van der Waals surface area contributed by atoms with Gasteiger partial charge in [0, 0.05) is 12.6 Å². The molecule has 0 aromatic rings. The van der Waals surface area contributed by atoms with Crippen LogP contribution in [0.5, 0.6) is 0 Å². The van der Waals surface area contributed by atoms with Crippen molar-refractivity contribution in [2.75, 3.05) is 20.6 Å². The van der Waals surface area contributed by atoms with Crippen molar-refractivity contribution in [3.8, 4) is 0 Å². The molecule has 1 atom stereocenters. The van der Waals surface area contributed by atoms with Crippen molar-refractivity contribution in [3.63, 3.8) is 0 Å². The van der Waals surface area contributed by atoms with Crippen molar-refractivity contribution < 1.29 is 0 Å². The van der Waals surface area contributed by atoms with E-state index in [1.54, 1.807) is 0 Å². The van der Waals surface area contributed by atoms with E-state index in [1.807, 2.05) is 7.05 Å². The minimum absolute atomic E-state index is 0.723. The molecule has 1 fully saturated rings. The molecule has 0 amide bonds. The van der Waals surface area contributed by atoms with Crippen LogP contribution in [0.25, 0.3) is 0 Å². The first-order valence-corrected chi connectivity index (χ1v) is 3.54. The van der Waals surface area contributed by atoms with Crippen LogP contribution in [0.4, 0.5) is 0 Å². The van der Waals surface area contributed by atoms with Crippen molar-refractivity contribution in [2.45, 2.75) is 18.9 Å². The molecule has 0 bridgehead atoms. The van der Waals surface area contributed by atoms with Gasteiger partial charge in [-0.1, -0.05) is 0 Å². The molecule has 1 aliphatic heterocycles. The van der Waals surface area contributed by atoms with Gasteiger partial charge in [0.1, 0.15) is 0 Å². The Hall–Kier alpha value is -0.0800. The largest absolute Gasteiger partial charge is 0.317 e. The van der Waals surface area contributed by atoms with Gasteiger partial charge in [-0.15, -0.1) is 0 Å². The van der Waals surface area contributed by atoms with E-state index in [0.717, 1.165) is 6.04 Å². The Morgan fingerprint density at radius 1 is 1.67 bits per heavy atom. The molecule has 0 aliphatic carbocycles. The Morgan fingerprint density at radius 2 is 2.44 bits per heavy atom. The summed E-state index contributed by atoms with van der Waals surface area (Å²) in [6.07, 6.45) is 2.47. The van der Waals surface area contributed by atoms with E-state index >= 15 is 0 Å². The van der Waals surface area contributed by atoms with Gasteiger partial charge in [0.25, 0.3) is 0 Å². The van der Waals surface area contributed by atoms with E-state index in [0.29, 0.717) is 0 Å². The predicted molar refractivity (Wildman–Crippen MR) is 39.0 cm³/mol. The van der Waals surface area contributed by atoms with Crippen LogP contribution in [-0.2, 0) is 0 Å². The zero-order valence-electron chi connectivity index (χ0n) is 6.22. The second kappa shape index (κ2) is 3.18. The second-order valence-electron chi connectivity index (χ2n) is 2.67. The molecule has 0 aromatic carbocycles. The number of nitrogens with one attached hydrogen (secondary N) is 1. The zero-order chi connectivity index (χ0) is 6.69. The summed E-state index contributed by atoms with van der Waals surface area (Å²) in [6, 6.07) is 0.723. The number of hydrogen-bond donors (Lipinski definition) is 1. The summed E-state index contributed by atoms with van der Waals surface area (Å²) in [7, 11) is 4.16. The van der Waals surface area contributed by atoms with Crippen LogP contribution >= 0.6 is 0 Å². The average molecular weight is 127 g/mol. The highest BCUT2D eigenvalue weighted by atomic mass is 15.1. The highest BCUT2D eigenvalue weighted by Crippen LogP contribution is 2.10. The number of piperidine rings is 1. The minimum Gasteiger partial charge on any atom is -0.317 e. The summed E-state index contributed by atoms with van der Waals surface area (Å²) in [5, 5.41) is 3.27. The molecule has 1 radical (unpaired) electrons. The van der Waals surface area contributed by atoms with E-state index in [-0.39, 0.29) is 0 Å². The van der Waals surface area contributed by atoms with E-state index in [1.165, 1.54) is 19.4 Å². The monoisotopic (exact) mass is 127 g/mol. The first-order chi connectivity index (χ1) is 4.33. The zero-order valence-corrected chi connectivity index (χ0v) is 6.22. The molecule has 0 spiro atoms. The summed E-state index contributed by atoms with van der Waals surface area (Å²) < 4.78 is 0. The third-order valence-electron chi connectivity index (χ3n) is 1.94. The van der Waals surface area contributed by atoms with Crippen LogP contribution in [0.3, 0.4) is 0 Å².